The van der Waals surface area contributed by atoms with Crippen molar-refractivity contribution in [1.82, 2.24) is 0 Å². The summed E-state index contributed by atoms with van der Waals surface area (Å²) >= 11 is 3.20. The highest BCUT2D eigenvalue weighted by atomic mass is 79.9. The van der Waals surface area contributed by atoms with Crippen molar-refractivity contribution in [3.8, 4) is 5.75 Å². The Bertz CT molecular complexity index is 271. The van der Waals surface area contributed by atoms with Crippen molar-refractivity contribution < 1.29 is 10.2 Å². The standard InChI is InChI=1S/C9H11BrO2/c1-6(11)4-7-2-3-9(12)8(10)5-7/h2-3,5-6,11-12H,4H2,1H3/t6-/m0/s1. The SMILES string of the molecule is C[C@H](O)Cc1ccc(O)c(Br)c1. The third-order valence-corrected chi connectivity index (χ3v) is 2.18. The molecule has 0 radical (unpaired) electrons. The smallest absolute Gasteiger partial charge is 0.129 e. The quantitative estimate of drug-likeness (QED) is 0.817. The third-order valence-electron chi connectivity index (χ3n) is 1.54. The van der Waals surface area contributed by atoms with Gasteiger partial charge in [-0.2, -0.15) is 0 Å². The maximum absolute atomic E-state index is 9.17. The summed E-state index contributed by atoms with van der Waals surface area (Å²) in [6.45, 7) is 1.74. The summed E-state index contributed by atoms with van der Waals surface area (Å²) in [5.41, 5.74) is 1.01. The van der Waals surface area contributed by atoms with Gasteiger partial charge in [0, 0.05) is 0 Å². The summed E-state index contributed by atoms with van der Waals surface area (Å²) in [6.07, 6.45) is 0.264. The molecule has 0 aliphatic rings. The maximum atomic E-state index is 9.17. The van der Waals surface area contributed by atoms with Crippen LogP contribution in [-0.4, -0.2) is 16.3 Å². The van der Waals surface area contributed by atoms with E-state index in [1.54, 1.807) is 19.1 Å². The molecule has 0 heterocycles. The van der Waals surface area contributed by atoms with E-state index in [1.807, 2.05) is 6.07 Å². The minimum atomic E-state index is -0.346. The van der Waals surface area contributed by atoms with Crippen LogP contribution in [0.2, 0.25) is 0 Å². The summed E-state index contributed by atoms with van der Waals surface area (Å²) in [6, 6.07) is 5.22. The third kappa shape index (κ3) is 2.50. The Kier molecular flexibility index (Phi) is 3.12. The molecule has 3 heteroatoms. The largest absolute Gasteiger partial charge is 0.507 e. The van der Waals surface area contributed by atoms with Crippen LogP contribution in [0, 0.1) is 0 Å². The molecular weight excluding hydrogens is 220 g/mol. The number of aliphatic hydroxyl groups is 1. The molecule has 0 aliphatic carbocycles. The average molecular weight is 231 g/mol. The molecule has 0 saturated carbocycles. The summed E-state index contributed by atoms with van der Waals surface area (Å²) in [4.78, 5) is 0. The number of hydrogen-bond donors (Lipinski definition) is 2. The van der Waals surface area contributed by atoms with Crippen LogP contribution in [0.3, 0.4) is 0 Å². The van der Waals surface area contributed by atoms with E-state index in [2.05, 4.69) is 15.9 Å². The Balaban J connectivity index is 2.82. The van der Waals surface area contributed by atoms with E-state index in [4.69, 9.17) is 10.2 Å². The lowest BCUT2D eigenvalue weighted by Gasteiger charge is -2.05. The summed E-state index contributed by atoms with van der Waals surface area (Å²) in [7, 11) is 0. The van der Waals surface area contributed by atoms with Crippen molar-refractivity contribution in [2.75, 3.05) is 0 Å². The highest BCUT2D eigenvalue weighted by molar-refractivity contribution is 9.10. The van der Waals surface area contributed by atoms with E-state index >= 15 is 0 Å². The second-order valence-corrected chi connectivity index (χ2v) is 3.69. The van der Waals surface area contributed by atoms with E-state index in [1.165, 1.54) is 0 Å². The van der Waals surface area contributed by atoms with E-state index in [0.29, 0.717) is 10.9 Å². The van der Waals surface area contributed by atoms with Crippen molar-refractivity contribution in [2.24, 2.45) is 0 Å². The Hall–Kier alpha value is -0.540. The molecule has 0 unspecified atom stereocenters. The average Bonchev–Trinajstić information content (AvgIpc) is 1.96. The Morgan fingerprint density at radius 1 is 1.50 bits per heavy atom. The van der Waals surface area contributed by atoms with Crippen molar-refractivity contribution in [1.29, 1.82) is 0 Å². The molecule has 2 nitrogen and oxygen atoms in total. The maximum Gasteiger partial charge on any atom is 0.129 e. The number of hydrogen-bond acceptors (Lipinski definition) is 2. The Morgan fingerprint density at radius 2 is 2.17 bits per heavy atom. The fourth-order valence-electron chi connectivity index (χ4n) is 1.02. The van der Waals surface area contributed by atoms with Crippen LogP contribution >= 0.6 is 15.9 Å². The van der Waals surface area contributed by atoms with Crippen LogP contribution in [0.4, 0.5) is 0 Å². The Labute approximate surface area is 80.0 Å². The van der Waals surface area contributed by atoms with E-state index < -0.39 is 0 Å². The molecule has 0 aromatic heterocycles. The lowest BCUT2D eigenvalue weighted by molar-refractivity contribution is 0.195. The van der Waals surface area contributed by atoms with Gasteiger partial charge in [-0.1, -0.05) is 6.07 Å². The summed E-state index contributed by atoms with van der Waals surface area (Å²) < 4.78 is 0.667. The first kappa shape index (κ1) is 9.55. The molecule has 2 N–H and O–H groups in total. The number of aliphatic hydroxyl groups excluding tert-OH is 1. The highest BCUT2D eigenvalue weighted by Crippen LogP contribution is 2.24. The fourth-order valence-corrected chi connectivity index (χ4v) is 1.44. The predicted molar refractivity (Wildman–Crippen MR) is 51.2 cm³/mol. The van der Waals surface area contributed by atoms with Gasteiger partial charge in [0.25, 0.3) is 0 Å². The van der Waals surface area contributed by atoms with Crippen LogP contribution in [0.15, 0.2) is 22.7 Å². The van der Waals surface area contributed by atoms with Gasteiger partial charge in [0.15, 0.2) is 0 Å². The second kappa shape index (κ2) is 3.92. The van der Waals surface area contributed by atoms with Gasteiger partial charge >= 0.3 is 0 Å². The van der Waals surface area contributed by atoms with Gasteiger partial charge in [-0.25, -0.2) is 0 Å². The minimum absolute atomic E-state index is 0.226. The zero-order chi connectivity index (χ0) is 9.14. The molecule has 12 heavy (non-hydrogen) atoms. The zero-order valence-electron chi connectivity index (χ0n) is 6.79. The van der Waals surface area contributed by atoms with Gasteiger partial charge < -0.3 is 10.2 Å². The van der Waals surface area contributed by atoms with Crippen LogP contribution in [0.5, 0.6) is 5.75 Å². The monoisotopic (exact) mass is 230 g/mol. The van der Waals surface area contributed by atoms with Crippen LogP contribution in [0.25, 0.3) is 0 Å². The van der Waals surface area contributed by atoms with Gasteiger partial charge in [-0.3, -0.25) is 0 Å². The van der Waals surface area contributed by atoms with E-state index in [-0.39, 0.29) is 11.9 Å². The molecule has 0 aliphatic heterocycles. The molecule has 1 atom stereocenters. The van der Waals surface area contributed by atoms with Gasteiger partial charge in [-0.05, 0) is 47.0 Å². The molecule has 1 rings (SSSR count). The number of aromatic hydroxyl groups is 1. The first-order valence-corrected chi connectivity index (χ1v) is 4.54. The lowest BCUT2D eigenvalue weighted by atomic mass is 10.1. The fraction of sp³-hybridized carbons (Fsp3) is 0.333. The normalized spacial score (nSPS) is 12.9. The molecular formula is C9H11BrO2. The summed E-state index contributed by atoms with van der Waals surface area (Å²) in [5.74, 6) is 0.226. The first-order valence-electron chi connectivity index (χ1n) is 3.75. The van der Waals surface area contributed by atoms with E-state index in [0.717, 1.165) is 5.56 Å². The zero-order valence-corrected chi connectivity index (χ0v) is 8.37. The number of phenolic OH excluding ortho intramolecular Hbond substituents is 1. The number of halogens is 1. The minimum Gasteiger partial charge on any atom is -0.507 e. The molecule has 1 aromatic rings. The van der Waals surface area contributed by atoms with Gasteiger partial charge in [0.2, 0.25) is 0 Å². The van der Waals surface area contributed by atoms with Gasteiger partial charge in [0.05, 0.1) is 10.6 Å². The molecule has 0 fully saturated rings. The van der Waals surface area contributed by atoms with Crippen molar-refractivity contribution >= 4 is 15.9 Å². The summed E-state index contributed by atoms with van der Waals surface area (Å²) in [5, 5.41) is 18.3. The molecule has 0 spiro atoms. The van der Waals surface area contributed by atoms with Crippen LogP contribution < -0.4 is 0 Å². The number of benzene rings is 1. The molecule has 1 aromatic carbocycles. The van der Waals surface area contributed by atoms with Crippen molar-refractivity contribution in [2.45, 2.75) is 19.4 Å². The van der Waals surface area contributed by atoms with Crippen molar-refractivity contribution in [3.05, 3.63) is 28.2 Å². The Morgan fingerprint density at radius 3 is 2.67 bits per heavy atom. The number of phenols is 1. The first-order chi connectivity index (χ1) is 5.59. The molecule has 0 amide bonds. The topological polar surface area (TPSA) is 40.5 Å². The number of rotatable bonds is 2. The molecule has 66 valence electrons. The predicted octanol–water partition coefficient (Wildman–Crippen LogP) is 2.08. The van der Waals surface area contributed by atoms with Gasteiger partial charge in [0.1, 0.15) is 5.75 Å². The second-order valence-electron chi connectivity index (χ2n) is 2.84. The van der Waals surface area contributed by atoms with Crippen LogP contribution in [0.1, 0.15) is 12.5 Å². The lowest BCUT2D eigenvalue weighted by Crippen LogP contribution is -2.03. The molecule has 0 bridgehead atoms. The van der Waals surface area contributed by atoms with E-state index in [9.17, 15) is 0 Å². The van der Waals surface area contributed by atoms with Crippen molar-refractivity contribution in [3.63, 3.8) is 0 Å². The van der Waals surface area contributed by atoms with Gasteiger partial charge in [-0.15, -0.1) is 0 Å². The highest BCUT2D eigenvalue weighted by Gasteiger charge is 2.02. The molecule has 0 saturated heterocycles. The van der Waals surface area contributed by atoms with Crippen LogP contribution in [-0.2, 0) is 6.42 Å².